The van der Waals surface area contributed by atoms with Gasteiger partial charge in [0, 0.05) is 12.1 Å². The molecule has 0 bridgehead atoms. The lowest BCUT2D eigenvalue weighted by Gasteiger charge is -2.12. The maximum Gasteiger partial charge on any atom is 0.269 e. The van der Waals surface area contributed by atoms with E-state index >= 15 is 0 Å². The molecule has 0 radical (unpaired) electrons. The van der Waals surface area contributed by atoms with Crippen LogP contribution in [0.15, 0.2) is 48.5 Å². The average molecular weight is 273 g/mol. The molecule has 0 aliphatic carbocycles. The summed E-state index contributed by atoms with van der Waals surface area (Å²) in [5, 5.41) is 21.0. The zero-order valence-electron chi connectivity index (χ0n) is 11.0. The van der Waals surface area contributed by atoms with E-state index in [2.05, 4.69) is 0 Å². The summed E-state index contributed by atoms with van der Waals surface area (Å²) >= 11 is 0. The number of benzene rings is 2. The van der Waals surface area contributed by atoms with Gasteiger partial charge in [-0.15, -0.1) is 0 Å². The highest BCUT2D eigenvalue weighted by molar-refractivity contribution is 5.40. The Balaban J connectivity index is 2.24. The summed E-state index contributed by atoms with van der Waals surface area (Å²) in [6.45, 7) is 2.47. The normalized spacial score (nSPS) is 11.9. The van der Waals surface area contributed by atoms with Gasteiger partial charge < -0.3 is 9.84 Å². The van der Waals surface area contributed by atoms with Crippen LogP contribution in [0.5, 0.6) is 5.75 Å². The predicted molar refractivity (Wildman–Crippen MR) is 74.8 cm³/mol. The molecule has 1 N–H and O–H groups in total. The molecule has 0 amide bonds. The van der Waals surface area contributed by atoms with Gasteiger partial charge in [-0.05, 0) is 30.2 Å². The molecule has 5 nitrogen and oxygen atoms in total. The van der Waals surface area contributed by atoms with E-state index in [1.54, 1.807) is 36.4 Å². The van der Waals surface area contributed by atoms with Gasteiger partial charge in [-0.2, -0.15) is 0 Å². The molecule has 0 fully saturated rings. The maximum absolute atomic E-state index is 10.7. The van der Waals surface area contributed by atoms with Crippen LogP contribution in [-0.2, 0) is 0 Å². The summed E-state index contributed by atoms with van der Waals surface area (Å²) in [5.41, 5.74) is 1.12. The van der Waals surface area contributed by atoms with Crippen molar-refractivity contribution in [3.8, 4) is 5.75 Å². The van der Waals surface area contributed by atoms with Crippen LogP contribution in [0.25, 0.3) is 0 Å². The largest absolute Gasteiger partial charge is 0.494 e. The first-order chi connectivity index (χ1) is 9.61. The summed E-state index contributed by atoms with van der Waals surface area (Å²) in [5.74, 6) is 0.725. The van der Waals surface area contributed by atoms with Crippen molar-refractivity contribution in [2.75, 3.05) is 6.61 Å². The van der Waals surface area contributed by atoms with Crippen molar-refractivity contribution in [1.29, 1.82) is 0 Å². The Hall–Kier alpha value is -2.40. The van der Waals surface area contributed by atoms with Crippen LogP contribution in [-0.4, -0.2) is 16.6 Å². The van der Waals surface area contributed by atoms with Crippen LogP contribution in [0.2, 0.25) is 0 Å². The van der Waals surface area contributed by atoms with Gasteiger partial charge in [0.1, 0.15) is 11.9 Å². The van der Waals surface area contributed by atoms with E-state index in [1.807, 2.05) is 6.92 Å². The Bertz CT molecular complexity index is 595. The van der Waals surface area contributed by atoms with Crippen LogP contribution in [0.1, 0.15) is 24.2 Å². The number of non-ortho nitro benzene ring substituents is 1. The second kappa shape index (κ2) is 6.16. The Labute approximate surface area is 116 Å². The van der Waals surface area contributed by atoms with E-state index in [-0.39, 0.29) is 5.69 Å². The first-order valence-corrected chi connectivity index (χ1v) is 6.27. The summed E-state index contributed by atoms with van der Waals surface area (Å²) in [4.78, 5) is 10.3. The number of nitrogens with zero attached hydrogens (tertiary/aromatic N) is 1. The predicted octanol–water partition coefficient (Wildman–Crippen LogP) is 3.08. The molecule has 0 unspecified atom stereocenters. The number of hydrogen-bond donors (Lipinski definition) is 1. The van der Waals surface area contributed by atoms with Gasteiger partial charge in [-0.3, -0.25) is 10.1 Å². The minimum Gasteiger partial charge on any atom is -0.494 e. The quantitative estimate of drug-likeness (QED) is 0.671. The zero-order chi connectivity index (χ0) is 14.5. The lowest BCUT2D eigenvalue weighted by atomic mass is 10.0. The van der Waals surface area contributed by atoms with Gasteiger partial charge in [-0.25, -0.2) is 0 Å². The number of nitro groups is 1. The molecule has 20 heavy (non-hydrogen) atoms. The van der Waals surface area contributed by atoms with Crippen molar-refractivity contribution < 1.29 is 14.8 Å². The summed E-state index contributed by atoms with van der Waals surface area (Å²) in [6, 6.07) is 13.0. The van der Waals surface area contributed by atoms with E-state index in [0.717, 1.165) is 5.75 Å². The van der Waals surface area contributed by atoms with Crippen molar-refractivity contribution >= 4 is 5.69 Å². The molecule has 2 rings (SSSR count). The van der Waals surface area contributed by atoms with E-state index in [1.165, 1.54) is 12.1 Å². The average Bonchev–Trinajstić information content (AvgIpc) is 2.48. The van der Waals surface area contributed by atoms with E-state index in [0.29, 0.717) is 17.7 Å². The molecule has 0 aliphatic rings. The monoisotopic (exact) mass is 273 g/mol. The summed E-state index contributed by atoms with van der Waals surface area (Å²) < 4.78 is 5.33. The van der Waals surface area contributed by atoms with Crippen molar-refractivity contribution in [3.63, 3.8) is 0 Å². The maximum atomic E-state index is 10.7. The summed E-state index contributed by atoms with van der Waals surface area (Å²) in [7, 11) is 0. The molecule has 0 heterocycles. The standard InChI is InChI=1S/C15H15NO4/c1-2-20-14-8-6-11(7-9-14)15(17)12-4-3-5-13(10-12)16(18)19/h3-10,15,17H,2H2,1H3/t15-/m0/s1. The Morgan fingerprint density at radius 2 is 1.90 bits per heavy atom. The molecule has 104 valence electrons. The van der Waals surface area contributed by atoms with Crippen molar-refractivity contribution in [1.82, 2.24) is 0 Å². The van der Waals surface area contributed by atoms with Gasteiger partial charge in [0.05, 0.1) is 11.5 Å². The lowest BCUT2D eigenvalue weighted by Crippen LogP contribution is -2.01. The lowest BCUT2D eigenvalue weighted by molar-refractivity contribution is -0.385. The highest BCUT2D eigenvalue weighted by Gasteiger charge is 2.14. The number of nitro benzene ring substituents is 1. The van der Waals surface area contributed by atoms with Crippen LogP contribution >= 0.6 is 0 Å². The molecular weight excluding hydrogens is 258 g/mol. The number of rotatable bonds is 5. The smallest absolute Gasteiger partial charge is 0.269 e. The number of ether oxygens (including phenoxy) is 1. The summed E-state index contributed by atoms with van der Waals surface area (Å²) in [6.07, 6.45) is -0.898. The van der Waals surface area contributed by atoms with E-state index in [4.69, 9.17) is 4.74 Å². The van der Waals surface area contributed by atoms with Crippen LogP contribution in [0, 0.1) is 10.1 Å². The third-order valence-electron chi connectivity index (χ3n) is 2.90. The first kappa shape index (κ1) is 14.0. The topological polar surface area (TPSA) is 72.6 Å². The fourth-order valence-electron chi connectivity index (χ4n) is 1.91. The first-order valence-electron chi connectivity index (χ1n) is 6.27. The second-order valence-electron chi connectivity index (χ2n) is 4.26. The minimum absolute atomic E-state index is 0.0347. The molecule has 0 aliphatic heterocycles. The highest BCUT2D eigenvalue weighted by Crippen LogP contribution is 2.26. The molecule has 5 heteroatoms. The molecule has 0 saturated heterocycles. The fraction of sp³-hybridized carbons (Fsp3) is 0.200. The Morgan fingerprint density at radius 1 is 1.20 bits per heavy atom. The zero-order valence-corrected chi connectivity index (χ0v) is 11.0. The van der Waals surface area contributed by atoms with Gasteiger partial charge in [0.2, 0.25) is 0 Å². The molecular formula is C15H15NO4. The van der Waals surface area contributed by atoms with Crippen LogP contribution in [0.3, 0.4) is 0 Å². The van der Waals surface area contributed by atoms with Crippen LogP contribution < -0.4 is 4.74 Å². The SMILES string of the molecule is CCOc1ccc([C@H](O)c2cccc([N+](=O)[O-])c2)cc1. The Morgan fingerprint density at radius 3 is 2.50 bits per heavy atom. The van der Waals surface area contributed by atoms with Crippen molar-refractivity contribution in [3.05, 3.63) is 69.8 Å². The Kier molecular flexibility index (Phi) is 4.32. The van der Waals surface area contributed by atoms with Crippen molar-refractivity contribution in [2.45, 2.75) is 13.0 Å². The molecule has 0 aromatic heterocycles. The number of aliphatic hydroxyl groups excluding tert-OH is 1. The van der Waals surface area contributed by atoms with Gasteiger partial charge in [0.15, 0.2) is 0 Å². The highest BCUT2D eigenvalue weighted by atomic mass is 16.6. The molecule has 0 spiro atoms. The minimum atomic E-state index is -0.898. The molecule has 2 aromatic rings. The third-order valence-corrected chi connectivity index (χ3v) is 2.90. The van der Waals surface area contributed by atoms with Crippen molar-refractivity contribution in [2.24, 2.45) is 0 Å². The van der Waals surface area contributed by atoms with E-state index < -0.39 is 11.0 Å². The van der Waals surface area contributed by atoms with Gasteiger partial charge in [-0.1, -0.05) is 24.3 Å². The number of aliphatic hydroxyl groups is 1. The molecule has 2 aromatic carbocycles. The van der Waals surface area contributed by atoms with Gasteiger partial charge in [0.25, 0.3) is 5.69 Å². The molecule has 0 saturated carbocycles. The van der Waals surface area contributed by atoms with Crippen LogP contribution in [0.4, 0.5) is 5.69 Å². The third kappa shape index (κ3) is 3.13. The van der Waals surface area contributed by atoms with Gasteiger partial charge >= 0.3 is 0 Å². The van der Waals surface area contributed by atoms with E-state index in [9.17, 15) is 15.2 Å². The fourth-order valence-corrected chi connectivity index (χ4v) is 1.91. The molecule has 1 atom stereocenters. The number of hydrogen-bond acceptors (Lipinski definition) is 4. The second-order valence-corrected chi connectivity index (χ2v) is 4.26.